The Morgan fingerprint density at radius 3 is 2.93 bits per heavy atom. The summed E-state index contributed by atoms with van der Waals surface area (Å²) in [6, 6.07) is 6.24. The molecular weight excluding hydrogens is 186 g/mol. The third-order valence-corrected chi connectivity index (χ3v) is 2.14. The summed E-state index contributed by atoms with van der Waals surface area (Å²) in [5.41, 5.74) is 2.47. The highest BCUT2D eigenvalue weighted by atomic mass is 16.5. The predicted octanol–water partition coefficient (Wildman–Crippen LogP) is 2.67. The minimum atomic E-state index is 0.558. The summed E-state index contributed by atoms with van der Waals surface area (Å²) >= 11 is 0. The first-order valence-electron chi connectivity index (χ1n) is 5.32. The highest BCUT2D eigenvalue weighted by Crippen LogP contribution is 2.19. The van der Waals surface area contributed by atoms with Crippen LogP contribution in [-0.2, 0) is 6.54 Å². The largest absolute Gasteiger partial charge is 0.489 e. The quantitative estimate of drug-likeness (QED) is 0.721. The first kappa shape index (κ1) is 11.8. The predicted molar refractivity (Wildman–Crippen MR) is 64.3 cm³/mol. The van der Waals surface area contributed by atoms with Crippen LogP contribution in [0.15, 0.2) is 30.9 Å². The molecule has 2 nitrogen and oxygen atoms in total. The van der Waals surface area contributed by atoms with Crippen molar-refractivity contribution in [3.63, 3.8) is 0 Å². The molecule has 0 aliphatic carbocycles. The fraction of sp³-hybridized carbons (Fsp3) is 0.385. The van der Waals surface area contributed by atoms with Gasteiger partial charge in [0.25, 0.3) is 0 Å². The lowest BCUT2D eigenvalue weighted by Gasteiger charge is -2.11. The molecule has 1 rings (SSSR count). The van der Waals surface area contributed by atoms with Crippen molar-refractivity contribution >= 4 is 0 Å². The van der Waals surface area contributed by atoms with Crippen LogP contribution in [0.3, 0.4) is 0 Å². The summed E-state index contributed by atoms with van der Waals surface area (Å²) < 4.78 is 5.58. The maximum Gasteiger partial charge on any atom is 0.124 e. The third kappa shape index (κ3) is 3.76. The summed E-state index contributed by atoms with van der Waals surface area (Å²) in [4.78, 5) is 0. The number of benzene rings is 1. The lowest BCUT2D eigenvalue weighted by molar-refractivity contribution is 0.358. The molecule has 0 aliphatic rings. The van der Waals surface area contributed by atoms with E-state index in [9.17, 15) is 0 Å². The molecule has 0 unspecified atom stereocenters. The molecule has 0 spiro atoms. The van der Waals surface area contributed by atoms with E-state index in [4.69, 9.17) is 4.74 Å². The Balaban J connectivity index is 2.77. The van der Waals surface area contributed by atoms with Crippen molar-refractivity contribution in [2.45, 2.75) is 20.4 Å². The Labute approximate surface area is 92.0 Å². The molecule has 0 saturated carbocycles. The second-order valence-corrected chi connectivity index (χ2v) is 3.49. The van der Waals surface area contributed by atoms with Gasteiger partial charge in [-0.15, -0.1) is 0 Å². The molecule has 0 radical (unpaired) electrons. The Morgan fingerprint density at radius 1 is 1.47 bits per heavy atom. The van der Waals surface area contributed by atoms with Gasteiger partial charge in [-0.2, -0.15) is 0 Å². The van der Waals surface area contributed by atoms with Gasteiger partial charge in [0.1, 0.15) is 12.4 Å². The van der Waals surface area contributed by atoms with Gasteiger partial charge in [-0.05, 0) is 19.5 Å². The van der Waals surface area contributed by atoms with Gasteiger partial charge in [0, 0.05) is 12.1 Å². The van der Waals surface area contributed by atoms with E-state index < -0.39 is 0 Å². The van der Waals surface area contributed by atoms with Crippen molar-refractivity contribution in [2.75, 3.05) is 13.2 Å². The molecule has 0 aliphatic heterocycles. The molecular formula is C13H19NO. The number of nitrogens with one attached hydrogen (secondary N) is 1. The molecule has 82 valence electrons. The average molecular weight is 205 g/mol. The van der Waals surface area contributed by atoms with E-state index in [1.807, 2.05) is 6.07 Å². The second kappa shape index (κ2) is 6.25. The fourth-order valence-electron chi connectivity index (χ4n) is 1.40. The van der Waals surface area contributed by atoms with Crippen LogP contribution in [-0.4, -0.2) is 13.2 Å². The van der Waals surface area contributed by atoms with E-state index in [-0.39, 0.29) is 0 Å². The van der Waals surface area contributed by atoms with Crippen LogP contribution in [0.4, 0.5) is 0 Å². The van der Waals surface area contributed by atoms with Crippen molar-refractivity contribution < 1.29 is 4.74 Å². The van der Waals surface area contributed by atoms with E-state index in [1.165, 1.54) is 11.1 Å². The molecule has 0 bridgehead atoms. The first-order chi connectivity index (χ1) is 7.27. The zero-order chi connectivity index (χ0) is 11.1. The van der Waals surface area contributed by atoms with Crippen molar-refractivity contribution in [1.29, 1.82) is 0 Å². The highest BCUT2D eigenvalue weighted by molar-refractivity contribution is 5.36. The van der Waals surface area contributed by atoms with Crippen LogP contribution in [0, 0.1) is 6.92 Å². The molecule has 15 heavy (non-hydrogen) atoms. The zero-order valence-corrected chi connectivity index (χ0v) is 9.55. The molecule has 1 aromatic carbocycles. The standard InChI is InChI=1S/C13H19NO/c1-4-8-15-13-7-6-11(3)9-12(13)10-14-5-2/h4,6-7,9,14H,1,5,8,10H2,2-3H3. The molecule has 1 aromatic rings. The van der Waals surface area contributed by atoms with Crippen LogP contribution in [0.5, 0.6) is 5.75 Å². The number of ether oxygens (including phenoxy) is 1. The van der Waals surface area contributed by atoms with Gasteiger partial charge >= 0.3 is 0 Å². The van der Waals surface area contributed by atoms with E-state index in [0.717, 1.165) is 18.8 Å². The van der Waals surface area contributed by atoms with E-state index in [2.05, 4.69) is 37.9 Å². The normalized spacial score (nSPS) is 10.0. The fourth-order valence-corrected chi connectivity index (χ4v) is 1.40. The summed E-state index contributed by atoms with van der Waals surface area (Å²) in [7, 11) is 0. The van der Waals surface area contributed by atoms with E-state index in [1.54, 1.807) is 6.08 Å². The van der Waals surface area contributed by atoms with Crippen molar-refractivity contribution in [3.8, 4) is 5.75 Å². The van der Waals surface area contributed by atoms with E-state index >= 15 is 0 Å². The zero-order valence-electron chi connectivity index (χ0n) is 9.55. The van der Waals surface area contributed by atoms with Gasteiger partial charge in [-0.3, -0.25) is 0 Å². The van der Waals surface area contributed by atoms with Gasteiger partial charge in [-0.1, -0.05) is 37.3 Å². The average Bonchev–Trinajstić information content (AvgIpc) is 2.25. The summed E-state index contributed by atoms with van der Waals surface area (Å²) in [6.07, 6.45) is 1.76. The molecule has 0 atom stereocenters. The van der Waals surface area contributed by atoms with E-state index in [0.29, 0.717) is 6.61 Å². The van der Waals surface area contributed by atoms with Gasteiger partial charge in [0.05, 0.1) is 0 Å². The first-order valence-corrected chi connectivity index (χ1v) is 5.32. The van der Waals surface area contributed by atoms with Gasteiger partial charge in [0.2, 0.25) is 0 Å². The minimum Gasteiger partial charge on any atom is -0.489 e. The second-order valence-electron chi connectivity index (χ2n) is 3.49. The topological polar surface area (TPSA) is 21.3 Å². The summed E-state index contributed by atoms with van der Waals surface area (Å²) in [5, 5.41) is 3.30. The Morgan fingerprint density at radius 2 is 2.27 bits per heavy atom. The van der Waals surface area contributed by atoms with Gasteiger partial charge in [-0.25, -0.2) is 0 Å². The molecule has 1 N–H and O–H groups in total. The number of hydrogen-bond acceptors (Lipinski definition) is 2. The van der Waals surface area contributed by atoms with Crippen LogP contribution in [0.25, 0.3) is 0 Å². The monoisotopic (exact) mass is 205 g/mol. The van der Waals surface area contributed by atoms with Crippen molar-refractivity contribution in [3.05, 3.63) is 42.0 Å². The van der Waals surface area contributed by atoms with Crippen LogP contribution in [0.1, 0.15) is 18.1 Å². The minimum absolute atomic E-state index is 0.558. The lowest BCUT2D eigenvalue weighted by atomic mass is 10.1. The van der Waals surface area contributed by atoms with Crippen LogP contribution < -0.4 is 10.1 Å². The van der Waals surface area contributed by atoms with Crippen LogP contribution >= 0.6 is 0 Å². The molecule has 0 heterocycles. The lowest BCUT2D eigenvalue weighted by Crippen LogP contribution is -2.13. The molecule has 0 fully saturated rings. The molecule has 2 heteroatoms. The van der Waals surface area contributed by atoms with Crippen LogP contribution in [0.2, 0.25) is 0 Å². The smallest absolute Gasteiger partial charge is 0.124 e. The number of aryl methyl sites for hydroxylation is 1. The van der Waals surface area contributed by atoms with Crippen molar-refractivity contribution in [2.24, 2.45) is 0 Å². The number of hydrogen-bond donors (Lipinski definition) is 1. The SMILES string of the molecule is C=CCOc1ccc(C)cc1CNCC. The van der Waals surface area contributed by atoms with Gasteiger partial charge < -0.3 is 10.1 Å². The third-order valence-electron chi connectivity index (χ3n) is 2.14. The van der Waals surface area contributed by atoms with Gasteiger partial charge in [0.15, 0.2) is 0 Å². The highest BCUT2D eigenvalue weighted by Gasteiger charge is 2.02. The molecule has 0 saturated heterocycles. The summed E-state index contributed by atoms with van der Waals surface area (Å²) in [6.45, 7) is 10.2. The maximum absolute atomic E-state index is 5.58. The Hall–Kier alpha value is -1.28. The molecule has 0 amide bonds. The Bertz CT molecular complexity index is 320. The van der Waals surface area contributed by atoms with Crippen molar-refractivity contribution in [1.82, 2.24) is 5.32 Å². The Kier molecular flexibility index (Phi) is 4.91. The maximum atomic E-state index is 5.58. The summed E-state index contributed by atoms with van der Waals surface area (Å²) in [5.74, 6) is 0.946. The molecule has 0 aromatic heterocycles. The number of rotatable bonds is 6.